The number of amides is 1. The Morgan fingerprint density at radius 1 is 1.39 bits per heavy atom. The van der Waals surface area contributed by atoms with E-state index in [1.54, 1.807) is 13.4 Å². The fourth-order valence-electron chi connectivity index (χ4n) is 2.56. The largest absolute Gasteiger partial charge is 0.496 e. The molecule has 0 bridgehead atoms. The molecule has 6 nitrogen and oxygen atoms in total. The van der Waals surface area contributed by atoms with Gasteiger partial charge in [0.05, 0.1) is 7.11 Å². The maximum atomic E-state index is 12.0. The molecule has 0 aliphatic rings. The molecule has 0 saturated heterocycles. The highest BCUT2D eigenvalue weighted by Gasteiger charge is 2.12. The van der Waals surface area contributed by atoms with Crippen molar-refractivity contribution in [3.05, 3.63) is 42.0 Å². The fourth-order valence-corrected chi connectivity index (χ4v) is 2.56. The van der Waals surface area contributed by atoms with Crippen molar-refractivity contribution in [1.29, 1.82) is 0 Å². The van der Waals surface area contributed by atoms with Crippen LogP contribution in [0, 0.1) is 5.92 Å². The molecule has 0 radical (unpaired) electrons. The molecule has 0 spiro atoms. The summed E-state index contributed by atoms with van der Waals surface area (Å²) in [7, 11) is 3.56. The van der Waals surface area contributed by atoms with E-state index in [9.17, 15) is 4.79 Å². The molecule has 2 rings (SSSR count). The van der Waals surface area contributed by atoms with E-state index < -0.39 is 0 Å². The molecule has 1 atom stereocenters. The number of rotatable bonds is 8. The van der Waals surface area contributed by atoms with Gasteiger partial charge in [-0.2, -0.15) is 0 Å². The highest BCUT2D eigenvalue weighted by atomic mass is 16.5. The second kappa shape index (κ2) is 8.31. The van der Waals surface area contributed by atoms with E-state index in [1.165, 1.54) is 0 Å². The summed E-state index contributed by atoms with van der Waals surface area (Å²) in [6.45, 7) is 2.65. The molecule has 124 valence electrons. The summed E-state index contributed by atoms with van der Waals surface area (Å²) in [4.78, 5) is 12.0. The molecule has 1 unspecified atom stereocenters. The number of hydrogen-bond donors (Lipinski definition) is 1. The van der Waals surface area contributed by atoms with Gasteiger partial charge in [-0.3, -0.25) is 4.79 Å². The van der Waals surface area contributed by atoms with E-state index in [1.807, 2.05) is 35.9 Å². The minimum absolute atomic E-state index is 0.0644. The molecule has 1 heterocycles. The monoisotopic (exact) mass is 316 g/mol. The SMILES string of the molecule is COc1ccccc1CC(C)CC(=O)NCCc1nncn1C. The van der Waals surface area contributed by atoms with Crippen molar-refractivity contribution in [2.45, 2.75) is 26.2 Å². The maximum absolute atomic E-state index is 12.0. The van der Waals surface area contributed by atoms with E-state index in [0.29, 0.717) is 19.4 Å². The normalized spacial score (nSPS) is 12.0. The highest BCUT2D eigenvalue weighted by Crippen LogP contribution is 2.21. The van der Waals surface area contributed by atoms with Gasteiger partial charge < -0.3 is 14.6 Å². The summed E-state index contributed by atoms with van der Waals surface area (Å²) in [5.74, 6) is 2.06. The predicted octanol–water partition coefficient (Wildman–Crippen LogP) is 1.75. The van der Waals surface area contributed by atoms with Crippen LogP contribution >= 0.6 is 0 Å². The van der Waals surface area contributed by atoms with Crippen molar-refractivity contribution in [3.63, 3.8) is 0 Å². The smallest absolute Gasteiger partial charge is 0.220 e. The van der Waals surface area contributed by atoms with Gasteiger partial charge in [0, 0.05) is 26.4 Å². The summed E-state index contributed by atoms with van der Waals surface area (Å²) in [6, 6.07) is 7.93. The van der Waals surface area contributed by atoms with Gasteiger partial charge in [0.1, 0.15) is 17.9 Å². The molecule has 2 aromatic rings. The second-order valence-corrected chi connectivity index (χ2v) is 5.78. The molecule has 1 aromatic carbocycles. The lowest BCUT2D eigenvalue weighted by Crippen LogP contribution is -2.28. The first-order valence-electron chi connectivity index (χ1n) is 7.81. The molecule has 0 fully saturated rings. The number of nitrogens with one attached hydrogen (secondary N) is 1. The minimum atomic E-state index is 0.0644. The number of ether oxygens (including phenoxy) is 1. The van der Waals surface area contributed by atoms with Crippen molar-refractivity contribution in [2.75, 3.05) is 13.7 Å². The summed E-state index contributed by atoms with van der Waals surface area (Å²) in [6.07, 6.45) is 3.66. The van der Waals surface area contributed by atoms with E-state index >= 15 is 0 Å². The van der Waals surface area contributed by atoms with Gasteiger partial charge in [-0.05, 0) is 24.0 Å². The van der Waals surface area contributed by atoms with Crippen LogP contribution < -0.4 is 10.1 Å². The molecular weight excluding hydrogens is 292 g/mol. The third-order valence-electron chi connectivity index (χ3n) is 3.77. The van der Waals surface area contributed by atoms with Crippen molar-refractivity contribution in [3.8, 4) is 5.75 Å². The van der Waals surface area contributed by atoms with Gasteiger partial charge in [0.15, 0.2) is 0 Å². The molecule has 6 heteroatoms. The Morgan fingerprint density at radius 2 is 2.17 bits per heavy atom. The van der Waals surface area contributed by atoms with E-state index in [2.05, 4.69) is 22.4 Å². The molecule has 0 aliphatic heterocycles. The lowest BCUT2D eigenvalue weighted by molar-refractivity contribution is -0.121. The Kier molecular flexibility index (Phi) is 6.14. The molecule has 1 aromatic heterocycles. The molecule has 1 amide bonds. The Bertz CT molecular complexity index is 639. The zero-order valence-corrected chi connectivity index (χ0v) is 14.0. The summed E-state index contributed by atoms with van der Waals surface area (Å²) in [5.41, 5.74) is 1.13. The standard InChI is InChI=1S/C17H24N4O2/c1-13(10-14-6-4-5-7-15(14)23-3)11-17(22)18-9-8-16-20-19-12-21(16)2/h4-7,12-13H,8-11H2,1-3H3,(H,18,22). The van der Waals surface area contributed by atoms with Gasteiger partial charge in [0.2, 0.25) is 5.91 Å². The van der Waals surface area contributed by atoms with Crippen molar-refractivity contribution in [2.24, 2.45) is 13.0 Å². The van der Waals surface area contributed by atoms with Gasteiger partial charge in [-0.25, -0.2) is 0 Å². The number of aryl methyl sites for hydroxylation is 1. The minimum Gasteiger partial charge on any atom is -0.496 e. The topological polar surface area (TPSA) is 69.0 Å². The van der Waals surface area contributed by atoms with Gasteiger partial charge in [0.25, 0.3) is 0 Å². The third kappa shape index (κ3) is 5.09. The van der Waals surface area contributed by atoms with Crippen LogP contribution in [0.25, 0.3) is 0 Å². The highest BCUT2D eigenvalue weighted by molar-refractivity contribution is 5.76. The Hall–Kier alpha value is -2.37. The number of nitrogens with zero attached hydrogens (tertiary/aromatic N) is 3. The first-order valence-corrected chi connectivity index (χ1v) is 7.81. The Balaban J connectivity index is 1.75. The summed E-state index contributed by atoms with van der Waals surface area (Å²) >= 11 is 0. The molecule has 1 N–H and O–H groups in total. The molecule has 0 aliphatic carbocycles. The molecular formula is C17H24N4O2. The second-order valence-electron chi connectivity index (χ2n) is 5.78. The quantitative estimate of drug-likeness (QED) is 0.805. The van der Waals surface area contributed by atoms with Crippen molar-refractivity contribution >= 4 is 5.91 Å². The van der Waals surface area contributed by atoms with E-state index in [0.717, 1.165) is 23.6 Å². The summed E-state index contributed by atoms with van der Waals surface area (Å²) in [5, 5.41) is 10.8. The Morgan fingerprint density at radius 3 is 2.87 bits per heavy atom. The van der Waals surface area contributed by atoms with Crippen molar-refractivity contribution in [1.82, 2.24) is 20.1 Å². The lowest BCUT2D eigenvalue weighted by atomic mass is 9.97. The Labute approximate surface area is 136 Å². The van der Waals surface area contributed by atoms with Gasteiger partial charge >= 0.3 is 0 Å². The van der Waals surface area contributed by atoms with Gasteiger partial charge in [-0.15, -0.1) is 10.2 Å². The number of carbonyl (C=O) groups is 1. The predicted molar refractivity (Wildman–Crippen MR) is 88.2 cm³/mol. The maximum Gasteiger partial charge on any atom is 0.220 e. The number of aromatic nitrogens is 3. The zero-order chi connectivity index (χ0) is 16.7. The first kappa shape index (κ1) is 17.0. The average molecular weight is 316 g/mol. The average Bonchev–Trinajstić information content (AvgIpc) is 2.93. The van der Waals surface area contributed by atoms with E-state index in [-0.39, 0.29) is 11.8 Å². The third-order valence-corrected chi connectivity index (χ3v) is 3.77. The summed E-state index contributed by atoms with van der Waals surface area (Å²) < 4.78 is 7.21. The van der Waals surface area contributed by atoms with Crippen LogP contribution in [-0.4, -0.2) is 34.3 Å². The number of carbonyl (C=O) groups excluding carboxylic acids is 1. The first-order chi connectivity index (χ1) is 11.1. The number of methoxy groups -OCH3 is 1. The molecule has 23 heavy (non-hydrogen) atoms. The van der Waals surface area contributed by atoms with Crippen LogP contribution in [0.4, 0.5) is 0 Å². The van der Waals surface area contributed by atoms with Crippen LogP contribution in [0.2, 0.25) is 0 Å². The van der Waals surface area contributed by atoms with Crippen molar-refractivity contribution < 1.29 is 9.53 Å². The lowest BCUT2D eigenvalue weighted by Gasteiger charge is -2.14. The number of benzene rings is 1. The molecule has 0 saturated carbocycles. The number of hydrogen-bond acceptors (Lipinski definition) is 4. The zero-order valence-electron chi connectivity index (χ0n) is 14.0. The van der Waals surface area contributed by atoms with E-state index in [4.69, 9.17) is 4.74 Å². The van der Waals surface area contributed by atoms with Gasteiger partial charge in [-0.1, -0.05) is 25.1 Å². The van der Waals surface area contributed by atoms with Crippen LogP contribution in [0.15, 0.2) is 30.6 Å². The van der Waals surface area contributed by atoms with Crippen LogP contribution in [-0.2, 0) is 24.7 Å². The van der Waals surface area contributed by atoms with Crippen LogP contribution in [0.1, 0.15) is 24.7 Å². The number of para-hydroxylation sites is 1. The van der Waals surface area contributed by atoms with Crippen LogP contribution in [0.3, 0.4) is 0 Å². The fraction of sp³-hybridized carbons (Fsp3) is 0.471. The van der Waals surface area contributed by atoms with Crippen LogP contribution in [0.5, 0.6) is 5.75 Å².